The zero-order chi connectivity index (χ0) is 30.1. The van der Waals surface area contributed by atoms with Gasteiger partial charge in [0.1, 0.15) is 35.5 Å². The van der Waals surface area contributed by atoms with Crippen LogP contribution in [-0.2, 0) is 16.0 Å². The number of rotatable bonds is 12. The van der Waals surface area contributed by atoms with E-state index in [-0.39, 0.29) is 12.1 Å². The normalized spacial score (nSPS) is 11.3. The molecule has 3 rings (SSSR count). The van der Waals surface area contributed by atoms with Gasteiger partial charge in [-0.15, -0.1) is 0 Å². The van der Waals surface area contributed by atoms with Gasteiger partial charge in [0.25, 0.3) is 5.91 Å². The predicted molar refractivity (Wildman–Crippen MR) is 152 cm³/mol. The minimum atomic E-state index is -1.39. The van der Waals surface area contributed by atoms with Gasteiger partial charge in [-0.1, -0.05) is 18.2 Å². The number of hydrogen-bond donors (Lipinski definition) is 5. The fourth-order valence-electron chi connectivity index (χ4n) is 4.07. The van der Waals surface area contributed by atoms with Crippen LogP contribution in [0.15, 0.2) is 60.7 Å². The minimum Gasteiger partial charge on any atom is -0.507 e. The number of carbonyl (C=O) groups excluding carboxylic acids is 3. The summed E-state index contributed by atoms with van der Waals surface area (Å²) in [5.74, 6) is -2.64. The van der Waals surface area contributed by atoms with Gasteiger partial charge in [-0.3, -0.25) is 14.5 Å². The molecule has 41 heavy (non-hydrogen) atoms. The largest absolute Gasteiger partial charge is 0.507 e. The number of phenols is 2. The first-order valence-electron chi connectivity index (χ1n) is 12.6. The molecule has 0 saturated carbocycles. The number of nitrogens with zero attached hydrogens (tertiary/aromatic N) is 2. The van der Waals surface area contributed by atoms with E-state index in [0.29, 0.717) is 36.6 Å². The fourth-order valence-corrected chi connectivity index (χ4v) is 4.07. The summed E-state index contributed by atoms with van der Waals surface area (Å²) in [5, 5.41) is 34.7. The van der Waals surface area contributed by atoms with E-state index in [1.807, 2.05) is 14.0 Å². The van der Waals surface area contributed by atoms with Gasteiger partial charge in [-0.2, -0.15) is 0 Å². The van der Waals surface area contributed by atoms with Crippen molar-refractivity contribution in [2.45, 2.75) is 19.4 Å². The quantitative estimate of drug-likeness (QED) is 0.164. The van der Waals surface area contributed by atoms with Crippen molar-refractivity contribution in [1.82, 2.24) is 10.6 Å². The summed E-state index contributed by atoms with van der Waals surface area (Å²) in [6, 6.07) is 13.0. The molecule has 216 valence electrons. The first kappa shape index (κ1) is 30.4. The molecule has 0 radical (unpaired) electrons. The molecule has 0 aliphatic heterocycles. The van der Waals surface area contributed by atoms with Crippen molar-refractivity contribution in [1.29, 1.82) is 0 Å². The number of phenolic OH excluding ortho intramolecular Hbond substituents is 2. The number of aliphatic carboxylic acids is 1. The molecule has 3 aromatic carbocycles. The SMILES string of the molecule is CNCCOc1ccc(N(C)C(=O)N(C=O)c2ccc(CC(NC(=O)c3c(O)cccc3O)C(=O)O)cc2)c(C)c1. The highest BCUT2D eigenvalue weighted by atomic mass is 16.5. The summed E-state index contributed by atoms with van der Waals surface area (Å²) in [7, 11) is 3.36. The molecule has 3 aromatic rings. The van der Waals surface area contributed by atoms with E-state index in [0.717, 1.165) is 10.5 Å². The third-order valence-electron chi connectivity index (χ3n) is 6.25. The van der Waals surface area contributed by atoms with Crippen molar-refractivity contribution in [2.24, 2.45) is 0 Å². The maximum Gasteiger partial charge on any atom is 0.335 e. The van der Waals surface area contributed by atoms with Crippen molar-refractivity contribution in [2.75, 3.05) is 37.0 Å². The van der Waals surface area contributed by atoms with E-state index in [9.17, 15) is 34.5 Å². The molecule has 1 unspecified atom stereocenters. The van der Waals surface area contributed by atoms with Gasteiger partial charge in [-0.05, 0) is 67.6 Å². The average Bonchev–Trinajstić information content (AvgIpc) is 2.93. The lowest BCUT2D eigenvalue weighted by Gasteiger charge is -2.25. The maximum absolute atomic E-state index is 13.2. The van der Waals surface area contributed by atoms with Crippen molar-refractivity contribution in [3.8, 4) is 17.2 Å². The molecule has 0 spiro atoms. The Morgan fingerprint density at radius 1 is 1.02 bits per heavy atom. The van der Waals surface area contributed by atoms with Crippen LogP contribution < -0.4 is 25.2 Å². The van der Waals surface area contributed by atoms with Gasteiger partial charge in [-0.25, -0.2) is 14.5 Å². The Labute approximate surface area is 236 Å². The number of imide groups is 1. The van der Waals surface area contributed by atoms with Crippen LogP contribution in [0.4, 0.5) is 16.2 Å². The number of amides is 4. The number of hydrogen-bond acceptors (Lipinski definition) is 8. The number of benzene rings is 3. The van der Waals surface area contributed by atoms with Crippen LogP contribution in [0, 0.1) is 6.92 Å². The summed E-state index contributed by atoms with van der Waals surface area (Å²) in [6.45, 7) is 2.99. The van der Waals surface area contributed by atoms with Gasteiger partial charge >= 0.3 is 12.0 Å². The number of carboxylic acid groups (broad SMARTS) is 1. The number of aryl methyl sites for hydroxylation is 1. The topological polar surface area (TPSA) is 169 Å². The standard InChI is InChI=1S/C29H32N4O8/c1-18-15-21(41-14-13-30-2)11-12-23(18)32(3)29(40)33(17-34)20-9-7-19(8-10-20)16-22(28(38)39)31-27(37)26-24(35)5-4-6-25(26)36/h4-12,15,17,22,30,35-36H,13-14,16H2,1-3H3,(H,31,37)(H,38,39). The summed E-state index contributed by atoms with van der Waals surface area (Å²) in [4.78, 5) is 51.7. The highest BCUT2D eigenvalue weighted by molar-refractivity contribution is 6.13. The van der Waals surface area contributed by atoms with Crippen molar-refractivity contribution >= 4 is 35.7 Å². The second-order valence-corrected chi connectivity index (χ2v) is 9.12. The molecule has 0 saturated heterocycles. The van der Waals surface area contributed by atoms with Gasteiger partial charge in [0.2, 0.25) is 6.41 Å². The third-order valence-corrected chi connectivity index (χ3v) is 6.25. The van der Waals surface area contributed by atoms with E-state index in [2.05, 4.69) is 10.6 Å². The van der Waals surface area contributed by atoms with E-state index in [1.165, 1.54) is 47.4 Å². The lowest BCUT2D eigenvalue weighted by molar-refractivity contribution is -0.139. The smallest absolute Gasteiger partial charge is 0.335 e. The third kappa shape index (κ3) is 7.51. The van der Waals surface area contributed by atoms with Crippen molar-refractivity contribution in [3.05, 3.63) is 77.4 Å². The Morgan fingerprint density at radius 2 is 1.68 bits per heavy atom. The monoisotopic (exact) mass is 564 g/mol. The minimum absolute atomic E-state index is 0.146. The molecule has 0 aliphatic rings. The lowest BCUT2D eigenvalue weighted by atomic mass is 10.0. The van der Waals surface area contributed by atoms with Crippen LogP contribution in [0.1, 0.15) is 21.5 Å². The first-order chi connectivity index (χ1) is 19.6. The van der Waals surface area contributed by atoms with Crippen molar-refractivity contribution < 1.29 is 39.2 Å². The number of carboxylic acids is 1. The second kappa shape index (κ2) is 13.8. The Bertz CT molecular complexity index is 1390. The fraction of sp³-hybridized carbons (Fsp3) is 0.241. The van der Waals surface area contributed by atoms with Crippen LogP contribution >= 0.6 is 0 Å². The van der Waals surface area contributed by atoms with Gasteiger partial charge in [0.15, 0.2) is 0 Å². The number of urea groups is 1. The molecule has 0 fully saturated rings. The second-order valence-electron chi connectivity index (χ2n) is 9.12. The summed E-state index contributed by atoms with van der Waals surface area (Å²) in [6.07, 6.45) is 0.240. The molecule has 0 bridgehead atoms. The van der Waals surface area contributed by atoms with Gasteiger partial charge < -0.3 is 30.7 Å². The molecule has 0 aliphatic carbocycles. The number of ether oxygens (including phenoxy) is 1. The zero-order valence-electron chi connectivity index (χ0n) is 22.8. The molecule has 4 amide bonds. The number of nitrogens with one attached hydrogen (secondary N) is 2. The molecule has 0 heterocycles. The lowest BCUT2D eigenvalue weighted by Crippen LogP contribution is -2.42. The maximum atomic E-state index is 13.2. The number of anilines is 2. The average molecular weight is 565 g/mol. The Hall–Kier alpha value is -5.10. The number of aromatic hydroxyl groups is 2. The van der Waals surface area contributed by atoms with Crippen LogP contribution in [0.3, 0.4) is 0 Å². The Balaban J connectivity index is 1.71. The highest BCUT2D eigenvalue weighted by Crippen LogP contribution is 2.27. The number of likely N-dealkylation sites (N-methyl/N-ethyl adjacent to an activating group) is 1. The van der Waals surface area contributed by atoms with E-state index >= 15 is 0 Å². The van der Waals surface area contributed by atoms with E-state index < -0.39 is 41.0 Å². The zero-order valence-corrected chi connectivity index (χ0v) is 22.8. The summed E-state index contributed by atoms with van der Waals surface area (Å²) < 4.78 is 5.65. The molecule has 1 atom stereocenters. The van der Waals surface area contributed by atoms with Crippen molar-refractivity contribution in [3.63, 3.8) is 0 Å². The highest BCUT2D eigenvalue weighted by Gasteiger charge is 2.25. The molecule has 12 nitrogen and oxygen atoms in total. The molecule has 0 aromatic heterocycles. The van der Waals surface area contributed by atoms with Crippen LogP contribution in [0.5, 0.6) is 17.2 Å². The summed E-state index contributed by atoms with van der Waals surface area (Å²) in [5.41, 5.74) is 1.64. The van der Waals surface area contributed by atoms with Crippen LogP contribution in [0.25, 0.3) is 0 Å². The first-order valence-corrected chi connectivity index (χ1v) is 12.6. The molecular formula is C29H32N4O8. The Kier molecular flexibility index (Phi) is 10.3. The van der Waals surface area contributed by atoms with Gasteiger partial charge in [0.05, 0.1) is 5.69 Å². The van der Waals surface area contributed by atoms with E-state index in [1.54, 1.807) is 25.2 Å². The van der Waals surface area contributed by atoms with Gasteiger partial charge in [0, 0.05) is 25.7 Å². The molecular weight excluding hydrogens is 532 g/mol. The Morgan fingerprint density at radius 3 is 2.24 bits per heavy atom. The molecule has 12 heteroatoms. The van der Waals surface area contributed by atoms with Crippen LogP contribution in [0.2, 0.25) is 0 Å². The number of carbonyl (C=O) groups is 4. The predicted octanol–water partition coefficient (Wildman–Crippen LogP) is 2.65. The van der Waals surface area contributed by atoms with Crippen LogP contribution in [-0.4, -0.2) is 72.9 Å². The summed E-state index contributed by atoms with van der Waals surface area (Å²) >= 11 is 0. The van der Waals surface area contributed by atoms with E-state index in [4.69, 9.17) is 4.74 Å². The molecule has 5 N–H and O–H groups in total.